The van der Waals surface area contributed by atoms with E-state index >= 15 is 0 Å². The van der Waals surface area contributed by atoms with Crippen LogP contribution in [0.15, 0.2) is 20.4 Å². The average molecular weight is 324 g/mol. The SMILES string of the molecule is FC(F)c1noc(CNCc2cc(Br)cs2)n1. The Balaban J connectivity index is 1.81. The van der Waals surface area contributed by atoms with Crippen molar-refractivity contribution in [1.82, 2.24) is 15.5 Å². The van der Waals surface area contributed by atoms with Gasteiger partial charge in [0.2, 0.25) is 11.7 Å². The van der Waals surface area contributed by atoms with Crippen molar-refractivity contribution >= 4 is 27.3 Å². The van der Waals surface area contributed by atoms with E-state index in [2.05, 4.69) is 35.9 Å². The number of nitrogens with one attached hydrogen (secondary N) is 1. The van der Waals surface area contributed by atoms with Crippen molar-refractivity contribution in [2.45, 2.75) is 19.5 Å². The molecule has 17 heavy (non-hydrogen) atoms. The molecule has 4 nitrogen and oxygen atoms in total. The molecule has 2 aromatic heterocycles. The molecule has 0 aliphatic carbocycles. The zero-order valence-corrected chi connectivity index (χ0v) is 10.9. The summed E-state index contributed by atoms with van der Waals surface area (Å²) < 4.78 is 30.0. The lowest BCUT2D eigenvalue weighted by Crippen LogP contribution is -2.12. The van der Waals surface area contributed by atoms with Crippen molar-refractivity contribution in [2.24, 2.45) is 0 Å². The van der Waals surface area contributed by atoms with Gasteiger partial charge < -0.3 is 9.84 Å². The van der Waals surface area contributed by atoms with E-state index in [1.807, 2.05) is 11.4 Å². The average Bonchev–Trinajstić information content (AvgIpc) is 2.88. The van der Waals surface area contributed by atoms with Gasteiger partial charge in [-0.1, -0.05) is 5.16 Å². The van der Waals surface area contributed by atoms with Crippen LogP contribution in [0.2, 0.25) is 0 Å². The minimum Gasteiger partial charge on any atom is -0.338 e. The number of aromatic nitrogens is 2. The Morgan fingerprint density at radius 3 is 2.88 bits per heavy atom. The summed E-state index contributed by atoms with van der Waals surface area (Å²) in [5, 5.41) is 8.17. The molecule has 0 fully saturated rings. The predicted molar refractivity (Wildman–Crippen MR) is 61.8 cm³/mol. The largest absolute Gasteiger partial charge is 0.338 e. The Morgan fingerprint density at radius 2 is 2.29 bits per heavy atom. The molecule has 0 amide bonds. The molecule has 1 N–H and O–H groups in total. The van der Waals surface area contributed by atoms with Crippen molar-refractivity contribution in [3.63, 3.8) is 0 Å². The highest BCUT2D eigenvalue weighted by molar-refractivity contribution is 9.10. The van der Waals surface area contributed by atoms with Gasteiger partial charge in [0.15, 0.2) is 0 Å². The van der Waals surface area contributed by atoms with Crippen LogP contribution in [0, 0.1) is 0 Å². The number of hydrogen-bond acceptors (Lipinski definition) is 5. The number of rotatable bonds is 5. The second kappa shape index (κ2) is 5.65. The Bertz CT molecular complexity index is 488. The van der Waals surface area contributed by atoms with Gasteiger partial charge in [0.1, 0.15) is 0 Å². The molecule has 0 saturated carbocycles. The highest BCUT2D eigenvalue weighted by Crippen LogP contribution is 2.19. The van der Waals surface area contributed by atoms with Crippen LogP contribution in [0.25, 0.3) is 0 Å². The van der Waals surface area contributed by atoms with Gasteiger partial charge in [-0.3, -0.25) is 0 Å². The van der Waals surface area contributed by atoms with E-state index in [0.717, 1.165) is 9.35 Å². The van der Waals surface area contributed by atoms with E-state index in [4.69, 9.17) is 0 Å². The van der Waals surface area contributed by atoms with E-state index in [-0.39, 0.29) is 12.4 Å². The summed E-state index contributed by atoms with van der Waals surface area (Å²) in [4.78, 5) is 4.68. The molecule has 0 unspecified atom stereocenters. The minimum absolute atomic E-state index is 0.163. The maximum atomic E-state index is 12.2. The van der Waals surface area contributed by atoms with Crippen molar-refractivity contribution in [1.29, 1.82) is 0 Å². The highest BCUT2D eigenvalue weighted by atomic mass is 79.9. The van der Waals surface area contributed by atoms with Gasteiger partial charge in [-0.15, -0.1) is 11.3 Å². The molecule has 2 rings (SSSR count). The van der Waals surface area contributed by atoms with E-state index in [1.54, 1.807) is 11.3 Å². The number of thiophene rings is 1. The molecular formula is C9H8BrF2N3OS. The monoisotopic (exact) mass is 323 g/mol. The lowest BCUT2D eigenvalue weighted by molar-refractivity contribution is 0.136. The first-order chi connectivity index (χ1) is 8.15. The second-order valence-electron chi connectivity index (χ2n) is 3.18. The molecule has 0 aliphatic heterocycles. The number of halogens is 3. The van der Waals surface area contributed by atoms with Gasteiger partial charge in [0, 0.05) is 21.3 Å². The lowest BCUT2D eigenvalue weighted by atomic mass is 10.4. The van der Waals surface area contributed by atoms with Crippen molar-refractivity contribution < 1.29 is 13.3 Å². The Hall–Kier alpha value is -0.860. The smallest absolute Gasteiger partial charge is 0.300 e. The van der Waals surface area contributed by atoms with E-state index in [1.165, 1.54) is 0 Å². The minimum atomic E-state index is -2.69. The first-order valence-electron chi connectivity index (χ1n) is 4.69. The van der Waals surface area contributed by atoms with Crippen LogP contribution in [-0.4, -0.2) is 10.1 Å². The summed E-state index contributed by atoms with van der Waals surface area (Å²) >= 11 is 4.95. The predicted octanol–water partition coefficient (Wildman–Crippen LogP) is 3.12. The van der Waals surface area contributed by atoms with Gasteiger partial charge in [-0.25, -0.2) is 8.78 Å². The fourth-order valence-electron chi connectivity index (χ4n) is 1.17. The lowest BCUT2D eigenvalue weighted by Gasteiger charge is -1.97. The summed E-state index contributed by atoms with van der Waals surface area (Å²) in [5.74, 6) is -0.406. The van der Waals surface area contributed by atoms with Crippen LogP contribution in [0.3, 0.4) is 0 Å². The molecule has 0 bridgehead atoms. The quantitative estimate of drug-likeness (QED) is 0.918. The highest BCUT2D eigenvalue weighted by Gasteiger charge is 2.15. The third-order valence-electron chi connectivity index (χ3n) is 1.88. The third kappa shape index (κ3) is 3.55. The number of alkyl halides is 2. The number of hydrogen-bond donors (Lipinski definition) is 1. The third-order valence-corrected chi connectivity index (χ3v) is 3.57. The van der Waals surface area contributed by atoms with Crippen LogP contribution >= 0.6 is 27.3 Å². The summed E-state index contributed by atoms with van der Waals surface area (Å²) in [6.45, 7) is 0.901. The van der Waals surface area contributed by atoms with Crippen molar-refractivity contribution in [2.75, 3.05) is 0 Å². The van der Waals surface area contributed by atoms with Gasteiger partial charge in [0.05, 0.1) is 6.54 Å². The maximum Gasteiger partial charge on any atom is 0.300 e. The zero-order chi connectivity index (χ0) is 12.3. The molecule has 0 radical (unpaired) electrons. The first kappa shape index (κ1) is 12.6. The molecule has 0 aromatic carbocycles. The molecule has 2 aromatic rings. The molecule has 0 saturated heterocycles. The zero-order valence-electron chi connectivity index (χ0n) is 8.49. The molecule has 0 spiro atoms. The van der Waals surface area contributed by atoms with Gasteiger partial charge in [-0.05, 0) is 22.0 Å². The van der Waals surface area contributed by atoms with Crippen molar-refractivity contribution in [3.8, 4) is 0 Å². The van der Waals surface area contributed by atoms with E-state index in [9.17, 15) is 8.78 Å². The van der Waals surface area contributed by atoms with Gasteiger partial charge in [0.25, 0.3) is 0 Å². The van der Waals surface area contributed by atoms with E-state index < -0.39 is 12.2 Å². The second-order valence-corrected chi connectivity index (χ2v) is 5.09. The first-order valence-corrected chi connectivity index (χ1v) is 6.36. The van der Waals surface area contributed by atoms with Crippen molar-refractivity contribution in [3.05, 3.63) is 32.5 Å². The summed E-state index contributed by atoms with van der Waals surface area (Å²) in [7, 11) is 0. The summed E-state index contributed by atoms with van der Waals surface area (Å²) in [5.41, 5.74) is 0. The Morgan fingerprint density at radius 1 is 1.47 bits per heavy atom. The molecule has 8 heteroatoms. The van der Waals surface area contributed by atoms with E-state index in [0.29, 0.717) is 6.54 Å². The van der Waals surface area contributed by atoms with Gasteiger partial charge in [-0.2, -0.15) is 4.98 Å². The molecule has 0 aliphatic rings. The fourth-order valence-corrected chi connectivity index (χ4v) is 2.59. The number of nitrogens with zero attached hydrogens (tertiary/aromatic N) is 2. The fraction of sp³-hybridized carbons (Fsp3) is 0.333. The molecular weight excluding hydrogens is 316 g/mol. The summed E-state index contributed by atoms with van der Waals surface area (Å²) in [6, 6.07) is 1.98. The normalized spacial score (nSPS) is 11.3. The summed E-state index contributed by atoms with van der Waals surface area (Å²) in [6.07, 6.45) is -2.69. The molecule has 92 valence electrons. The maximum absolute atomic E-state index is 12.2. The standard InChI is InChI=1S/C9H8BrF2N3OS/c10-5-1-6(17-4-5)2-13-3-7-14-9(8(11)12)15-16-7/h1,4,8,13H,2-3H2. The van der Waals surface area contributed by atoms with Crippen LogP contribution in [0.5, 0.6) is 0 Å². The Kier molecular flexibility index (Phi) is 4.19. The van der Waals surface area contributed by atoms with Crippen LogP contribution in [-0.2, 0) is 13.1 Å². The Labute approximate surface area is 108 Å². The topological polar surface area (TPSA) is 51.0 Å². The van der Waals surface area contributed by atoms with Gasteiger partial charge >= 0.3 is 6.43 Å². The molecule has 0 atom stereocenters. The van der Waals surface area contributed by atoms with Crippen LogP contribution in [0.4, 0.5) is 8.78 Å². The molecule has 2 heterocycles. The van der Waals surface area contributed by atoms with Crippen LogP contribution < -0.4 is 5.32 Å². The van der Waals surface area contributed by atoms with Crippen LogP contribution in [0.1, 0.15) is 23.0 Å².